The summed E-state index contributed by atoms with van der Waals surface area (Å²) < 4.78 is 5.33. The average Bonchev–Trinajstić information content (AvgIpc) is 2.70. The summed E-state index contributed by atoms with van der Waals surface area (Å²) in [6.45, 7) is 11.9. The molecule has 1 aromatic carbocycles. The molecule has 0 radical (unpaired) electrons. The molecule has 2 unspecified atom stereocenters. The third kappa shape index (κ3) is 10.1. The minimum Gasteiger partial charge on any atom is -0.508 e. The third-order valence-corrected chi connectivity index (χ3v) is 5.36. The molecule has 194 valence electrons. The zero-order chi connectivity index (χ0) is 27.0. The molecule has 0 saturated carbocycles. The number of hydrogen-bond donors (Lipinski definition) is 3. The maximum Gasteiger partial charge on any atom is 0.408 e. The molecule has 0 aliphatic carbocycles. The minimum absolute atomic E-state index is 0.0475. The molecule has 0 aromatic heterocycles. The Morgan fingerprint density at radius 1 is 1.20 bits per heavy atom. The van der Waals surface area contributed by atoms with E-state index < -0.39 is 41.1 Å². The molecule has 9 nitrogen and oxygen atoms in total. The van der Waals surface area contributed by atoms with Gasteiger partial charge in [0.2, 0.25) is 11.8 Å². The molecule has 0 fully saturated rings. The van der Waals surface area contributed by atoms with Crippen molar-refractivity contribution in [3.8, 4) is 11.8 Å². The van der Waals surface area contributed by atoms with Crippen LogP contribution in [0, 0.1) is 18.3 Å². The van der Waals surface area contributed by atoms with Crippen molar-refractivity contribution in [3.05, 3.63) is 29.3 Å². The van der Waals surface area contributed by atoms with Crippen LogP contribution in [0.1, 0.15) is 65.1 Å². The van der Waals surface area contributed by atoms with Crippen LogP contribution in [0.25, 0.3) is 0 Å². The molecule has 3 N–H and O–H groups in total. The summed E-state index contributed by atoms with van der Waals surface area (Å²) in [5.41, 5.74) is -0.407. The predicted octanol–water partition coefficient (Wildman–Crippen LogP) is 3.66. The Bertz CT molecular complexity index is 947. The van der Waals surface area contributed by atoms with Gasteiger partial charge >= 0.3 is 6.09 Å². The lowest BCUT2D eigenvalue weighted by atomic mass is 9.98. The normalized spacial score (nSPS) is 13.2. The number of nitrogens with zero attached hydrogens (tertiary/aromatic N) is 2. The highest BCUT2D eigenvalue weighted by molar-refractivity contribution is 7.98. The van der Waals surface area contributed by atoms with Crippen LogP contribution in [0.15, 0.2) is 18.2 Å². The van der Waals surface area contributed by atoms with E-state index in [1.54, 1.807) is 39.8 Å². The zero-order valence-electron chi connectivity index (χ0n) is 21.9. The Morgan fingerprint density at radius 3 is 2.31 bits per heavy atom. The largest absolute Gasteiger partial charge is 0.508 e. The van der Waals surface area contributed by atoms with E-state index in [2.05, 4.69) is 10.6 Å². The molecule has 0 spiro atoms. The van der Waals surface area contributed by atoms with Gasteiger partial charge in [0.1, 0.15) is 30.0 Å². The average molecular weight is 507 g/mol. The molecular formula is C25H38N4O5S. The lowest BCUT2D eigenvalue weighted by Gasteiger charge is -2.34. The van der Waals surface area contributed by atoms with Gasteiger partial charge in [0, 0.05) is 5.54 Å². The Kier molecular flexibility index (Phi) is 10.9. The quantitative estimate of drug-likeness (QED) is 0.436. The number of hydrogen-bond acceptors (Lipinski definition) is 7. The van der Waals surface area contributed by atoms with Gasteiger partial charge in [0.15, 0.2) is 0 Å². The van der Waals surface area contributed by atoms with Crippen LogP contribution in [0.3, 0.4) is 0 Å². The number of rotatable bonds is 9. The second-order valence-electron chi connectivity index (χ2n) is 10.3. The smallest absolute Gasteiger partial charge is 0.408 e. The van der Waals surface area contributed by atoms with Crippen LogP contribution in [0.5, 0.6) is 5.75 Å². The van der Waals surface area contributed by atoms with Crippen molar-refractivity contribution < 1.29 is 24.2 Å². The van der Waals surface area contributed by atoms with Gasteiger partial charge in [0.25, 0.3) is 0 Å². The maximum absolute atomic E-state index is 13.7. The molecule has 2 atom stereocenters. The monoisotopic (exact) mass is 506 g/mol. The minimum atomic E-state index is -1.15. The lowest BCUT2D eigenvalue weighted by Crippen LogP contribution is -2.54. The number of carbonyl (C=O) groups excluding carboxylic acids is 3. The van der Waals surface area contributed by atoms with Gasteiger partial charge in [-0.15, -0.1) is 0 Å². The summed E-state index contributed by atoms with van der Waals surface area (Å²) in [6, 6.07) is 4.41. The number of alkyl carbamates (subject to hydrolysis) is 1. The van der Waals surface area contributed by atoms with Gasteiger partial charge in [-0.05, 0) is 90.2 Å². The van der Waals surface area contributed by atoms with Crippen LogP contribution in [-0.2, 0) is 14.3 Å². The molecule has 35 heavy (non-hydrogen) atoms. The highest BCUT2D eigenvalue weighted by Crippen LogP contribution is 2.28. The van der Waals surface area contributed by atoms with E-state index in [0.29, 0.717) is 16.9 Å². The van der Waals surface area contributed by atoms with Crippen molar-refractivity contribution in [1.29, 1.82) is 5.26 Å². The van der Waals surface area contributed by atoms with Crippen LogP contribution >= 0.6 is 11.8 Å². The molecule has 0 saturated heterocycles. The molecule has 10 heteroatoms. The molecule has 0 bridgehead atoms. The van der Waals surface area contributed by atoms with Crippen LogP contribution in [-0.4, -0.2) is 63.6 Å². The highest BCUT2D eigenvalue weighted by atomic mass is 32.2. The van der Waals surface area contributed by atoms with E-state index in [1.807, 2.05) is 33.1 Å². The first kappa shape index (κ1) is 30.1. The molecule has 1 aromatic rings. The number of thioether (sulfide) groups is 1. The zero-order valence-corrected chi connectivity index (χ0v) is 22.7. The topological polar surface area (TPSA) is 132 Å². The van der Waals surface area contributed by atoms with E-state index in [-0.39, 0.29) is 18.7 Å². The van der Waals surface area contributed by atoms with Crippen molar-refractivity contribution in [1.82, 2.24) is 15.5 Å². The number of nitrogens with one attached hydrogen (secondary N) is 2. The molecule has 0 aliphatic heterocycles. The van der Waals surface area contributed by atoms with Gasteiger partial charge in [-0.3, -0.25) is 9.59 Å². The van der Waals surface area contributed by atoms with Gasteiger partial charge < -0.3 is 25.4 Å². The van der Waals surface area contributed by atoms with Crippen molar-refractivity contribution in [2.45, 2.75) is 78.1 Å². The summed E-state index contributed by atoms with van der Waals surface area (Å²) in [7, 11) is 0. The SMILES string of the molecule is CSCCC(NC(=O)OC(C)(C)C)C(=O)N(CC#N)C(C(=O)NC(C)(C)C)c1ccc(O)c(C)c1. The summed E-state index contributed by atoms with van der Waals surface area (Å²) >= 11 is 1.50. The molecule has 0 heterocycles. The second kappa shape index (κ2) is 12.7. The standard InChI is InChI=1S/C25H38N4O5S/c1-16-15-17(9-10-19(16)30)20(21(31)28-24(2,3)4)29(13-12-26)22(32)18(11-14-35-8)27-23(33)34-25(5,6)7/h9-10,15,18,20,30H,11,13-14H2,1-8H3,(H,27,33)(H,28,31). The number of phenolic OH excluding ortho intramolecular Hbond substituents is 1. The molecule has 1 rings (SSSR count). The van der Waals surface area contributed by atoms with Crippen molar-refractivity contribution >= 4 is 29.7 Å². The van der Waals surface area contributed by atoms with Crippen molar-refractivity contribution in [2.75, 3.05) is 18.6 Å². The summed E-state index contributed by atoms with van der Waals surface area (Å²) in [5.74, 6) is -0.450. The third-order valence-electron chi connectivity index (χ3n) is 4.72. The first-order valence-electron chi connectivity index (χ1n) is 11.4. The maximum atomic E-state index is 13.7. The summed E-state index contributed by atoms with van der Waals surface area (Å²) in [6.07, 6.45) is 1.40. The lowest BCUT2D eigenvalue weighted by molar-refractivity contribution is -0.142. The van der Waals surface area contributed by atoms with Crippen molar-refractivity contribution in [2.24, 2.45) is 0 Å². The number of phenols is 1. The fourth-order valence-electron chi connectivity index (χ4n) is 3.28. The predicted molar refractivity (Wildman–Crippen MR) is 137 cm³/mol. The fraction of sp³-hybridized carbons (Fsp3) is 0.600. The number of ether oxygens (including phenoxy) is 1. The Labute approximate surface area is 212 Å². The van der Waals surface area contributed by atoms with Crippen LogP contribution in [0.2, 0.25) is 0 Å². The number of aryl methyl sites for hydroxylation is 1. The van der Waals surface area contributed by atoms with E-state index in [9.17, 15) is 24.8 Å². The van der Waals surface area contributed by atoms with E-state index in [4.69, 9.17) is 4.74 Å². The fourth-order valence-corrected chi connectivity index (χ4v) is 3.75. The Morgan fingerprint density at radius 2 is 1.83 bits per heavy atom. The van der Waals surface area contributed by atoms with E-state index >= 15 is 0 Å². The summed E-state index contributed by atoms with van der Waals surface area (Å²) in [5, 5.41) is 25.0. The van der Waals surface area contributed by atoms with Crippen molar-refractivity contribution in [3.63, 3.8) is 0 Å². The first-order chi connectivity index (χ1) is 16.1. The van der Waals surface area contributed by atoms with E-state index in [0.717, 1.165) is 4.90 Å². The van der Waals surface area contributed by atoms with Gasteiger partial charge in [-0.1, -0.05) is 6.07 Å². The van der Waals surface area contributed by atoms with E-state index in [1.165, 1.54) is 17.8 Å². The van der Waals surface area contributed by atoms with Crippen LogP contribution in [0.4, 0.5) is 4.79 Å². The number of amides is 3. The molecule has 0 aliphatic rings. The van der Waals surface area contributed by atoms with Gasteiger partial charge in [-0.2, -0.15) is 17.0 Å². The first-order valence-corrected chi connectivity index (χ1v) is 12.8. The van der Waals surface area contributed by atoms with Crippen LogP contribution < -0.4 is 10.6 Å². The number of carbonyl (C=O) groups is 3. The van der Waals surface area contributed by atoms with Gasteiger partial charge in [-0.25, -0.2) is 4.79 Å². The number of nitriles is 1. The number of aromatic hydroxyl groups is 1. The second-order valence-corrected chi connectivity index (χ2v) is 11.3. The molecular weight excluding hydrogens is 468 g/mol. The number of benzene rings is 1. The Balaban J connectivity index is 3.49. The highest BCUT2D eigenvalue weighted by Gasteiger charge is 2.37. The van der Waals surface area contributed by atoms with Gasteiger partial charge in [0.05, 0.1) is 6.07 Å². The Hall–Kier alpha value is -2.93. The summed E-state index contributed by atoms with van der Waals surface area (Å²) in [4.78, 5) is 40.8. The molecule has 3 amide bonds.